The van der Waals surface area contributed by atoms with Gasteiger partial charge in [-0.05, 0) is 27.7 Å². The zero-order valence-electron chi connectivity index (χ0n) is 11.8. The summed E-state index contributed by atoms with van der Waals surface area (Å²) in [5, 5.41) is 0. The largest absolute Gasteiger partial charge is 0.331 e. The highest BCUT2D eigenvalue weighted by Crippen LogP contribution is 2.07. The first-order valence-corrected chi connectivity index (χ1v) is 4.33. The van der Waals surface area contributed by atoms with E-state index in [1.165, 1.54) is 13.0 Å². The summed E-state index contributed by atoms with van der Waals surface area (Å²) in [6, 6.07) is 1.17. The van der Waals surface area contributed by atoms with Gasteiger partial charge in [-0.25, -0.2) is 4.79 Å². The van der Waals surface area contributed by atoms with Crippen molar-refractivity contribution in [3.8, 4) is 0 Å². The molecular formula is C10H16N2O2. The van der Waals surface area contributed by atoms with Gasteiger partial charge in [-0.15, -0.1) is 0 Å². The van der Waals surface area contributed by atoms with Crippen molar-refractivity contribution < 1.29 is 4.11 Å². The van der Waals surface area contributed by atoms with Crippen molar-refractivity contribution in [2.75, 3.05) is 0 Å². The summed E-state index contributed by atoms with van der Waals surface area (Å²) in [5.41, 5.74) is -1.90. The van der Waals surface area contributed by atoms with Gasteiger partial charge in [0.1, 0.15) is 0 Å². The summed E-state index contributed by atoms with van der Waals surface area (Å²) in [6.07, 6.45) is 0. The molecule has 0 radical (unpaired) electrons. The Morgan fingerprint density at radius 3 is 2.36 bits per heavy atom. The van der Waals surface area contributed by atoms with Crippen LogP contribution in [-0.2, 0) is 12.5 Å². The Balaban J connectivity index is 3.81. The summed E-state index contributed by atoms with van der Waals surface area (Å²) in [7, 11) is 0. The topological polar surface area (TPSA) is 44.0 Å². The zero-order valence-corrected chi connectivity index (χ0v) is 8.79. The van der Waals surface area contributed by atoms with E-state index in [0.29, 0.717) is 4.57 Å². The Labute approximate surface area is 87.0 Å². The lowest BCUT2D eigenvalue weighted by atomic mass is 10.1. The molecule has 0 saturated heterocycles. The fourth-order valence-corrected chi connectivity index (χ4v) is 1.27. The third-order valence-corrected chi connectivity index (χ3v) is 1.96. The van der Waals surface area contributed by atoms with E-state index in [-0.39, 0.29) is 5.69 Å². The van der Waals surface area contributed by atoms with E-state index in [2.05, 4.69) is 0 Å². The Hall–Kier alpha value is -1.32. The third kappa shape index (κ3) is 1.64. The average molecular weight is 199 g/mol. The van der Waals surface area contributed by atoms with E-state index in [0.717, 1.165) is 4.57 Å². The van der Waals surface area contributed by atoms with Crippen LogP contribution in [0.1, 0.15) is 30.6 Å². The van der Waals surface area contributed by atoms with Crippen molar-refractivity contribution in [3.05, 3.63) is 32.6 Å². The van der Waals surface area contributed by atoms with Crippen LogP contribution in [0, 0.1) is 6.92 Å². The van der Waals surface area contributed by atoms with Gasteiger partial charge in [-0.1, -0.05) is 0 Å². The van der Waals surface area contributed by atoms with Gasteiger partial charge in [-0.3, -0.25) is 9.36 Å². The first-order chi connectivity index (χ1) is 7.46. The molecule has 1 heterocycles. The van der Waals surface area contributed by atoms with Gasteiger partial charge in [0.2, 0.25) is 0 Å². The molecule has 0 saturated carbocycles. The molecule has 0 N–H and O–H groups in total. The van der Waals surface area contributed by atoms with Gasteiger partial charge in [0, 0.05) is 28.4 Å². The molecular weight excluding hydrogens is 180 g/mol. The van der Waals surface area contributed by atoms with Crippen LogP contribution in [0.25, 0.3) is 0 Å². The molecule has 0 unspecified atom stereocenters. The highest BCUT2D eigenvalue weighted by atomic mass is 16.2. The minimum atomic E-state index is -2.58. The molecule has 0 fully saturated rings. The van der Waals surface area contributed by atoms with Crippen LogP contribution in [0.2, 0.25) is 0 Å². The average Bonchev–Trinajstić information content (AvgIpc) is 1.94. The third-order valence-electron chi connectivity index (χ3n) is 1.96. The van der Waals surface area contributed by atoms with Gasteiger partial charge in [0.15, 0.2) is 0 Å². The summed E-state index contributed by atoms with van der Waals surface area (Å²) in [6.45, 7) is 3.88. The normalized spacial score (nSPS) is 15.9. The molecule has 4 heteroatoms. The highest BCUT2D eigenvalue weighted by Gasteiger charge is 2.18. The van der Waals surface area contributed by atoms with Crippen LogP contribution in [-0.4, -0.2) is 9.13 Å². The Morgan fingerprint density at radius 1 is 1.36 bits per heavy atom. The van der Waals surface area contributed by atoms with Gasteiger partial charge < -0.3 is 4.57 Å². The predicted molar refractivity (Wildman–Crippen MR) is 55.7 cm³/mol. The van der Waals surface area contributed by atoms with E-state index in [1.54, 1.807) is 20.8 Å². The number of hydrogen-bond acceptors (Lipinski definition) is 2. The second-order valence-corrected chi connectivity index (χ2v) is 4.25. The zero-order chi connectivity index (χ0) is 13.6. The maximum Gasteiger partial charge on any atom is 0.331 e. The molecule has 14 heavy (non-hydrogen) atoms. The molecule has 0 aliphatic carbocycles. The lowest BCUT2D eigenvalue weighted by Crippen LogP contribution is -2.47. The molecule has 0 amide bonds. The fourth-order valence-electron chi connectivity index (χ4n) is 1.27. The lowest BCUT2D eigenvalue weighted by molar-refractivity contribution is 0.356. The second kappa shape index (κ2) is 3.12. The Morgan fingerprint density at radius 2 is 1.93 bits per heavy atom. The van der Waals surface area contributed by atoms with Gasteiger partial charge in [0.25, 0.3) is 5.56 Å². The minimum Gasteiger partial charge on any atom is -0.301 e. The van der Waals surface area contributed by atoms with Crippen LogP contribution in [0.3, 0.4) is 0 Å². The standard InChI is InChI=1S/C10H16N2O2/c1-7-6-8(13)12(10(2,3)4)9(14)11(7)5/h6H,1-5H3/i5D3. The highest BCUT2D eigenvalue weighted by molar-refractivity contribution is 5.01. The maximum atomic E-state index is 12.1. The Bertz CT molecular complexity index is 547. The first-order valence-electron chi connectivity index (χ1n) is 5.83. The molecule has 0 spiro atoms. The van der Waals surface area contributed by atoms with Crippen LogP contribution in [0.5, 0.6) is 0 Å². The van der Waals surface area contributed by atoms with Gasteiger partial charge >= 0.3 is 5.69 Å². The van der Waals surface area contributed by atoms with Crippen molar-refractivity contribution in [3.63, 3.8) is 0 Å². The van der Waals surface area contributed by atoms with Gasteiger partial charge in [-0.2, -0.15) is 0 Å². The lowest BCUT2D eigenvalue weighted by Gasteiger charge is -2.22. The summed E-state index contributed by atoms with van der Waals surface area (Å²) < 4.78 is 23.5. The van der Waals surface area contributed by atoms with E-state index in [4.69, 9.17) is 4.11 Å². The number of aromatic nitrogens is 2. The molecule has 0 bridgehead atoms. The molecule has 1 aromatic heterocycles. The predicted octanol–water partition coefficient (Wildman–Crippen LogP) is 0.610. The number of rotatable bonds is 0. The van der Waals surface area contributed by atoms with Crippen LogP contribution in [0.15, 0.2) is 15.7 Å². The van der Waals surface area contributed by atoms with E-state index in [9.17, 15) is 9.59 Å². The number of aryl methyl sites for hydroxylation is 1. The van der Waals surface area contributed by atoms with Crippen LogP contribution in [0.4, 0.5) is 0 Å². The van der Waals surface area contributed by atoms with E-state index < -0.39 is 23.8 Å². The van der Waals surface area contributed by atoms with E-state index in [1.807, 2.05) is 0 Å². The molecule has 0 aliphatic rings. The fraction of sp³-hybridized carbons (Fsp3) is 0.600. The smallest absolute Gasteiger partial charge is 0.301 e. The van der Waals surface area contributed by atoms with Crippen LogP contribution < -0.4 is 11.2 Å². The SMILES string of the molecule is [2H]C([2H])([2H])n1c(C)cc(=O)n(C(C)(C)C)c1=O. The van der Waals surface area contributed by atoms with Crippen molar-refractivity contribution >= 4 is 0 Å². The van der Waals surface area contributed by atoms with Crippen molar-refractivity contribution in [2.45, 2.75) is 33.2 Å². The molecule has 78 valence electrons. The molecule has 1 rings (SSSR count). The quantitative estimate of drug-likeness (QED) is 0.614. The van der Waals surface area contributed by atoms with Gasteiger partial charge in [0.05, 0.1) is 0 Å². The molecule has 4 nitrogen and oxygen atoms in total. The van der Waals surface area contributed by atoms with Crippen LogP contribution >= 0.6 is 0 Å². The minimum absolute atomic E-state index is 0.139. The van der Waals surface area contributed by atoms with E-state index >= 15 is 0 Å². The summed E-state index contributed by atoms with van der Waals surface area (Å²) in [5.74, 6) is 0. The summed E-state index contributed by atoms with van der Waals surface area (Å²) in [4.78, 5) is 23.8. The Kier molecular flexibility index (Phi) is 1.57. The van der Waals surface area contributed by atoms with Crippen molar-refractivity contribution in [2.24, 2.45) is 6.98 Å². The monoisotopic (exact) mass is 199 g/mol. The first kappa shape index (κ1) is 7.04. The molecule has 0 atom stereocenters. The number of nitrogens with zero attached hydrogens (tertiary/aromatic N) is 2. The maximum absolute atomic E-state index is 12.1. The molecule has 1 aromatic rings. The van der Waals surface area contributed by atoms with Crippen molar-refractivity contribution in [1.82, 2.24) is 9.13 Å². The summed E-state index contributed by atoms with van der Waals surface area (Å²) >= 11 is 0. The van der Waals surface area contributed by atoms with Crippen molar-refractivity contribution in [1.29, 1.82) is 0 Å². The second-order valence-electron chi connectivity index (χ2n) is 4.25. The molecule has 0 aliphatic heterocycles. The number of hydrogen-bond donors (Lipinski definition) is 0. The molecule has 0 aromatic carbocycles.